The molecule has 1 atom stereocenters. The minimum atomic E-state index is -4.63. The van der Waals surface area contributed by atoms with E-state index in [9.17, 15) is 32.7 Å². The number of carbonyl (C=O) groups excluding carboxylic acids is 1. The van der Waals surface area contributed by atoms with Crippen LogP contribution in [0.3, 0.4) is 0 Å². The fourth-order valence-electron chi connectivity index (χ4n) is 4.24. The molecule has 0 unspecified atom stereocenters. The molecule has 2 aromatic heterocycles. The summed E-state index contributed by atoms with van der Waals surface area (Å²) in [4.78, 5) is 44.8. The Labute approximate surface area is 197 Å². The van der Waals surface area contributed by atoms with Crippen LogP contribution in [0.25, 0.3) is 10.9 Å². The number of nitrogens with zero attached hydrogens (tertiary/aromatic N) is 4. The normalized spacial score (nSPS) is 16.6. The molecule has 1 aliphatic heterocycles. The summed E-state index contributed by atoms with van der Waals surface area (Å²) in [6.07, 6.45) is -4.22. The van der Waals surface area contributed by atoms with E-state index in [0.717, 1.165) is 15.7 Å². The predicted molar refractivity (Wildman–Crippen MR) is 120 cm³/mol. The third kappa shape index (κ3) is 4.50. The van der Waals surface area contributed by atoms with E-state index in [2.05, 4.69) is 0 Å². The standard InChI is InChI=1S/C23H25F3N4O5/c1-13(2)8-29-17-11-28(9-14-6-4-5-7-16(14)23(24,25)26)19(18(17)20(32)27(3)22(29)34)21(33)30-10-15(31)12-35-30/h4-7,11,13,15,31H,8-10,12H2,1-3H3/t15-/m0/s1. The lowest BCUT2D eigenvalue weighted by Gasteiger charge is -2.18. The van der Waals surface area contributed by atoms with Crippen molar-refractivity contribution in [3.63, 3.8) is 0 Å². The Balaban J connectivity index is 2.00. The number of hydrogen-bond acceptors (Lipinski definition) is 5. The van der Waals surface area contributed by atoms with Gasteiger partial charge in [0.1, 0.15) is 18.4 Å². The van der Waals surface area contributed by atoms with Crippen molar-refractivity contribution in [2.45, 2.75) is 39.2 Å². The van der Waals surface area contributed by atoms with Crippen LogP contribution in [0.5, 0.6) is 0 Å². The van der Waals surface area contributed by atoms with E-state index >= 15 is 0 Å². The smallest absolute Gasteiger partial charge is 0.389 e. The molecule has 1 amide bonds. The molecule has 35 heavy (non-hydrogen) atoms. The summed E-state index contributed by atoms with van der Waals surface area (Å²) in [6, 6.07) is 4.94. The second-order valence-corrected chi connectivity index (χ2v) is 8.99. The van der Waals surface area contributed by atoms with Crippen molar-refractivity contribution in [1.82, 2.24) is 18.8 Å². The Hall–Kier alpha value is -3.38. The fraction of sp³-hybridized carbons (Fsp3) is 0.435. The lowest BCUT2D eigenvalue weighted by Crippen LogP contribution is -2.39. The highest BCUT2D eigenvalue weighted by Gasteiger charge is 2.35. The summed E-state index contributed by atoms with van der Waals surface area (Å²) < 4.78 is 44.4. The minimum absolute atomic E-state index is 0.000999. The van der Waals surface area contributed by atoms with Crippen LogP contribution in [-0.2, 0) is 31.2 Å². The summed E-state index contributed by atoms with van der Waals surface area (Å²) >= 11 is 0. The van der Waals surface area contributed by atoms with E-state index in [1.807, 2.05) is 13.8 Å². The largest absolute Gasteiger partial charge is 0.416 e. The van der Waals surface area contributed by atoms with Crippen LogP contribution in [-0.4, -0.2) is 49.0 Å². The van der Waals surface area contributed by atoms with Gasteiger partial charge in [0.05, 0.1) is 23.0 Å². The highest BCUT2D eigenvalue weighted by atomic mass is 19.4. The predicted octanol–water partition coefficient (Wildman–Crippen LogP) is 1.97. The average molecular weight is 494 g/mol. The summed E-state index contributed by atoms with van der Waals surface area (Å²) in [7, 11) is 1.28. The number of aliphatic hydroxyl groups is 1. The molecule has 0 spiro atoms. The molecule has 0 bridgehead atoms. The first kappa shape index (κ1) is 24.7. The highest BCUT2D eigenvalue weighted by Crippen LogP contribution is 2.33. The van der Waals surface area contributed by atoms with Gasteiger partial charge < -0.3 is 9.67 Å². The summed E-state index contributed by atoms with van der Waals surface area (Å²) in [6.45, 7) is 3.25. The molecule has 1 aromatic carbocycles. The first-order valence-electron chi connectivity index (χ1n) is 11.0. The van der Waals surface area contributed by atoms with E-state index < -0.39 is 35.0 Å². The Morgan fingerprint density at radius 3 is 2.51 bits per heavy atom. The molecule has 0 saturated carbocycles. The molecule has 1 aliphatic rings. The van der Waals surface area contributed by atoms with Gasteiger partial charge in [-0.2, -0.15) is 13.2 Å². The quantitative estimate of drug-likeness (QED) is 0.585. The van der Waals surface area contributed by atoms with Gasteiger partial charge >= 0.3 is 11.9 Å². The number of aromatic nitrogens is 3. The number of β-amino-alcohol motifs (C(OH)–C–C–N with tert-alkyl or cyclic N) is 1. The molecule has 4 rings (SSSR count). The number of hydrogen-bond donors (Lipinski definition) is 1. The van der Waals surface area contributed by atoms with Gasteiger partial charge in [0, 0.05) is 26.3 Å². The number of carbonyl (C=O) groups is 1. The van der Waals surface area contributed by atoms with Crippen LogP contribution in [0.2, 0.25) is 0 Å². The van der Waals surface area contributed by atoms with Crippen molar-refractivity contribution < 1.29 is 27.9 Å². The number of alkyl halides is 3. The molecule has 1 saturated heterocycles. The molecule has 1 N–H and O–H groups in total. The molecule has 9 nitrogen and oxygen atoms in total. The lowest BCUT2D eigenvalue weighted by molar-refractivity contribution is -0.138. The van der Waals surface area contributed by atoms with Crippen molar-refractivity contribution in [3.05, 3.63) is 68.1 Å². The number of benzene rings is 1. The van der Waals surface area contributed by atoms with Crippen molar-refractivity contribution >= 4 is 16.8 Å². The van der Waals surface area contributed by atoms with Crippen molar-refractivity contribution in [3.8, 4) is 0 Å². The molecule has 188 valence electrons. The number of rotatable bonds is 5. The Morgan fingerprint density at radius 2 is 1.91 bits per heavy atom. The Bertz CT molecular complexity index is 1400. The monoisotopic (exact) mass is 494 g/mol. The van der Waals surface area contributed by atoms with Gasteiger partial charge in [-0.05, 0) is 17.5 Å². The summed E-state index contributed by atoms with van der Waals surface area (Å²) in [5, 5.41) is 10.6. The second kappa shape index (κ2) is 9.00. The molecule has 12 heteroatoms. The van der Waals surface area contributed by atoms with Crippen molar-refractivity contribution in [2.75, 3.05) is 13.2 Å². The summed E-state index contributed by atoms with van der Waals surface area (Å²) in [5.41, 5.74) is -2.43. The molecule has 0 aliphatic carbocycles. The highest BCUT2D eigenvalue weighted by molar-refractivity contribution is 6.05. The Kier molecular flexibility index (Phi) is 6.36. The van der Waals surface area contributed by atoms with Crippen LogP contribution < -0.4 is 11.2 Å². The van der Waals surface area contributed by atoms with E-state index in [0.29, 0.717) is 0 Å². The molecule has 3 heterocycles. The average Bonchev–Trinajstić information content (AvgIpc) is 3.38. The van der Waals surface area contributed by atoms with Crippen LogP contribution in [0.15, 0.2) is 40.1 Å². The topological polar surface area (TPSA) is 98.7 Å². The molecular weight excluding hydrogens is 469 g/mol. The van der Waals surface area contributed by atoms with Gasteiger partial charge in [0.25, 0.3) is 11.5 Å². The zero-order valence-corrected chi connectivity index (χ0v) is 19.4. The van der Waals surface area contributed by atoms with Crippen LogP contribution >= 0.6 is 0 Å². The number of halogens is 3. The number of aliphatic hydroxyl groups excluding tert-OH is 1. The van der Waals surface area contributed by atoms with Crippen molar-refractivity contribution in [1.29, 1.82) is 0 Å². The van der Waals surface area contributed by atoms with Gasteiger partial charge in [-0.25, -0.2) is 9.86 Å². The van der Waals surface area contributed by atoms with Gasteiger partial charge in [-0.3, -0.25) is 23.6 Å². The molecule has 0 radical (unpaired) electrons. The molecule has 3 aromatic rings. The second-order valence-electron chi connectivity index (χ2n) is 8.99. The van der Waals surface area contributed by atoms with E-state index in [1.54, 1.807) is 0 Å². The number of amides is 1. The third-order valence-electron chi connectivity index (χ3n) is 5.83. The van der Waals surface area contributed by atoms with Crippen LogP contribution in [0, 0.1) is 5.92 Å². The van der Waals surface area contributed by atoms with Crippen LogP contribution in [0.1, 0.15) is 35.5 Å². The first-order chi connectivity index (χ1) is 16.4. The zero-order chi connectivity index (χ0) is 25.7. The maximum absolute atomic E-state index is 13.6. The van der Waals surface area contributed by atoms with Crippen molar-refractivity contribution in [2.24, 2.45) is 13.0 Å². The van der Waals surface area contributed by atoms with Gasteiger partial charge in [-0.1, -0.05) is 32.0 Å². The van der Waals surface area contributed by atoms with Gasteiger partial charge in [0.15, 0.2) is 0 Å². The van der Waals surface area contributed by atoms with E-state index in [4.69, 9.17) is 4.84 Å². The maximum Gasteiger partial charge on any atom is 0.416 e. The number of hydroxylamine groups is 2. The first-order valence-corrected chi connectivity index (χ1v) is 11.0. The van der Waals surface area contributed by atoms with Gasteiger partial charge in [-0.15, -0.1) is 0 Å². The Morgan fingerprint density at radius 1 is 1.23 bits per heavy atom. The van der Waals surface area contributed by atoms with E-state index in [1.165, 1.54) is 40.6 Å². The summed E-state index contributed by atoms with van der Waals surface area (Å²) in [5.74, 6) is -0.799. The maximum atomic E-state index is 13.6. The lowest BCUT2D eigenvalue weighted by atomic mass is 10.1. The fourth-order valence-corrected chi connectivity index (χ4v) is 4.24. The third-order valence-corrected chi connectivity index (χ3v) is 5.83. The van der Waals surface area contributed by atoms with Gasteiger partial charge in [0.2, 0.25) is 0 Å². The minimum Gasteiger partial charge on any atom is -0.389 e. The number of fused-ring (bicyclic) bond motifs is 1. The van der Waals surface area contributed by atoms with E-state index in [-0.39, 0.29) is 54.3 Å². The zero-order valence-electron chi connectivity index (χ0n) is 19.4. The SMILES string of the molecule is CC(C)Cn1c(=O)n(C)c(=O)c2c(C(=O)N3C[C@H](O)CO3)n(Cc3ccccc3C(F)(F)F)cc21. The van der Waals surface area contributed by atoms with Crippen LogP contribution in [0.4, 0.5) is 13.2 Å². The molecule has 1 fully saturated rings. The molecular formula is C23H25F3N4O5.